The molecule has 1 rings (SSSR count). The number of hydrogen-bond donors (Lipinski definition) is 0. The molecular weight excluding hydrogens is 262 g/mol. The smallest absolute Gasteiger partial charge is 0.274 e. The number of ether oxygens (including phenoxy) is 1. The van der Waals surface area contributed by atoms with E-state index in [-0.39, 0.29) is 0 Å². The van der Waals surface area contributed by atoms with Gasteiger partial charge in [-0.25, -0.2) is 0 Å². The third-order valence-electron chi connectivity index (χ3n) is 1.93. The molecule has 0 aliphatic carbocycles. The van der Waals surface area contributed by atoms with Gasteiger partial charge in [-0.2, -0.15) is 4.98 Å². The SMILES string of the molecule is CCCCCCCOc1nc(Br)cs1. The Labute approximate surface area is 97.8 Å². The highest BCUT2D eigenvalue weighted by Crippen LogP contribution is 2.21. The van der Waals surface area contributed by atoms with E-state index in [1.165, 1.54) is 37.0 Å². The van der Waals surface area contributed by atoms with Crippen molar-refractivity contribution in [2.45, 2.75) is 39.0 Å². The maximum atomic E-state index is 5.48. The van der Waals surface area contributed by atoms with Gasteiger partial charge in [-0.1, -0.05) is 43.9 Å². The fourth-order valence-corrected chi connectivity index (χ4v) is 2.28. The number of halogens is 1. The van der Waals surface area contributed by atoms with Crippen LogP contribution in [-0.4, -0.2) is 11.6 Å². The molecule has 0 atom stereocenters. The second kappa shape index (κ2) is 7.23. The minimum atomic E-state index is 0.771. The van der Waals surface area contributed by atoms with Crippen LogP contribution in [-0.2, 0) is 0 Å². The zero-order valence-electron chi connectivity index (χ0n) is 8.46. The molecular formula is C10H16BrNOS. The molecule has 0 fully saturated rings. The van der Waals surface area contributed by atoms with Crippen LogP contribution >= 0.6 is 27.3 Å². The van der Waals surface area contributed by atoms with Crippen LogP contribution in [0.3, 0.4) is 0 Å². The molecule has 1 aromatic rings. The lowest BCUT2D eigenvalue weighted by molar-refractivity contribution is 0.302. The molecule has 14 heavy (non-hydrogen) atoms. The van der Waals surface area contributed by atoms with E-state index in [0.717, 1.165) is 22.8 Å². The minimum Gasteiger partial charge on any atom is -0.470 e. The topological polar surface area (TPSA) is 22.1 Å². The van der Waals surface area contributed by atoms with Crippen molar-refractivity contribution in [3.63, 3.8) is 0 Å². The average molecular weight is 278 g/mol. The molecule has 0 spiro atoms. The Bertz CT molecular complexity index is 252. The summed E-state index contributed by atoms with van der Waals surface area (Å²) in [5.41, 5.74) is 0. The van der Waals surface area contributed by atoms with Crippen LogP contribution < -0.4 is 4.74 Å². The Balaban J connectivity index is 1.99. The summed E-state index contributed by atoms with van der Waals surface area (Å²) >= 11 is 4.83. The Morgan fingerprint density at radius 1 is 1.36 bits per heavy atom. The number of thiazole rings is 1. The van der Waals surface area contributed by atoms with Gasteiger partial charge >= 0.3 is 0 Å². The highest BCUT2D eigenvalue weighted by Gasteiger charge is 1.99. The summed E-state index contributed by atoms with van der Waals surface area (Å²) in [6.45, 7) is 3.02. The lowest BCUT2D eigenvalue weighted by Crippen LogP contribution is -1.96. The Kier molecular flexibility index (Phi) is 6.19. The number of hydrogen-bond acceptors (Lipinski definition) is 3. The van der Waals surface area contributed by atoms with E-state index in [4.69, 9.17) is 4.74 Å². The van der Waals surface area contributed by atoms with Crippen molar-refractivity contribution >= 4 is 27.3 Å². The first-order valence-corrected chi connectivity index (χ1v) is 6.74. The summed E-state index contributed by atoms with van der Waals surface area (Å²) in [7, 11) is 0. The van der Waals surface area contributed by atoms with Gasteiger partial charge in [-0.15, -0.1) is 0 Å². The Morgan fingerprint density at radius 3 is 2.79 bits per heavy atom. The third-order valence-corrected chi connectivity index (χ3v) is 3.39. The predicted octanol–water partition coefficient (Wildman–Crippen LogP) is 4.25. The van der Waals surface area contributed by atoms with Crippen molar-refractivity contribution in [1.29, 1.82) is 0 Å². The molecule has 0 saturated heterocycles. The standard InChI is InChI=1S/C10H16BrNOS/c1-2-3-4-5-6-7-13-10-12-9(11)8-14-10/h8H,2-7H2,1H3. The Morgan fingerprint density at radius 2 is 2.14 bits per heavy atom. The van der Waals surface area contributed by atoms with E-state index >= 15 is 0 Å². The van der Waals surface area contributed by atoms with Gasteiger partial charge in [0.25, 0.3) is 5.19 Å². The van der Waals surface area contributed by atoms with Crippen molar-refractivity contribution in [3.05, 3.63) is 9.98 Å². The predicted molar refractivity (Wildman–Crippen MR) is 64.1 cm³/mol. The van der Waals surface area contributed by atoms with Crippen molar-refractivity contribution in [1.82, 2.24) is 4.98 Å². The normalized spacial score (nSPS) is 10.4. The molecule has 80 valence electrons. The highest BCUT2D eigenvalue weighted by molar-refractivity contribution is 9.10. The van der Waals surface area contributed by atoms with Crippen molar-refractivity contribution in [3.8, 4) is 5.19 Å². The summed E-state index contributed by atoms with van der Waals surface area (Å²) in [4.78, 5) is 4.16. The maximum Gasteiger partial charge on any atom is 0.274 e. The van der Waals surface area contributed by atoms with Gasteiger partial charge in [0.05, 0.1) is 6.61 Å². The molecule has 1 aromatic heterocycles. The molecule has 0 aliphatic heterocycles. The molecule has 0 unspecified atom stereocenters. The first-order chi connectivity index (χ1) is 6.83. The number of nitrogens with zero attached hydrogens (tertiary/aromatic N) is 1. The molecule has 4 heteroatoms. The molecule has 2 nitrogen and oxygen atoms in total. The second-order valence-corrected chi connectivity index (χ2v) is 4.83. The lowest BCUT2D eigenvalue weighted by atomic mass is 10.2. The molecule has 0 amide bonds. The van der Waals surface area contributed by atoms with E-state index < -0.39 is 0 Å². The van der Waals surface area contributed by atoms with E-state index in [9.17, 15) is 0 Å². The van der Waals surface area contributed by atoms with E-state index in [2.05, 4.69) is 27.8 Å². The van der Waals surface area contributed by atoms with Crippen LogP contribution in [0.5, 0.6) is 5.19 Å². The fourth-order valence-electron chi connectivity index (χ4n) is 1.17. The number of rotatable bonds is 7. The maximum absolute atomic E-state index is 5.48. The number of unbranched alkanes of at least 4 members (excludes halogenated alkanes) is 4. The molecule has 0 aliphatic rings. The first-order valence-electron chi connectivity index (χ1n) is 5.06. The molecule has 0 aromatic carbocycles. The van der Waals surface area contributed by atoms with Gasteiger partial charge in [0.15, 0.2) is 0 Å². The largest absolute Gasteiger partial charge is 0.470 e. The minimum absolute atomic E-state index is 0.771. The van der Waals surface area contributed by atoms with Crippen LogP contribution in [0.25, 0.3) is 0 Å². The second-order valence-electron chi connectivity index (χ2n) is 3.20. The zero-order chi connectivity index (χ0) is 10.2. The molecule has 0 radical (unpaired) electrons. The van der Waals surface area contributed by atoms with Crippen molar-refractivity contribution in [2.75, 3.05) is 6.61 Å². The average Bonchev–Trinajstić information content (AvgIpc) is 2.58. The van der Waals surface area contributed by atoms with Crippen LogP contribution in [0, 0.1) is 0 Å². The van der Waals surface area contributed by atoms with Crippen molar-refractivity contribution < 1.29 is 4.74 Å². The fraction of sp³-hybridized carbons (Fsp3) is 0.700. The lowest BCUT2D eigenvalue weighted by Gasteiger charge is -2.01. The van der Waals surface area contributed by atoms with Gasteiger partial charge in [0.1, 0.15) is 4.60 Å². The highest BCUT2D eigenvalue weighted by atomic mass is 79.9. The van der Waals surface area contributed by atoms with E-state index in [1.807, 2.05) is 5.38 Å². The summed E-state index contributed by atoms with van der Waals surface area (Å²) in [5, 5.41) is 2.71. The van der Waals surface area contributed by atoms with Crippen LogP contribution in [0.2, 0.25) is 0 Å². The summed E-state index contributed by atoms with van der Waals surface area (Å²) < 4.78 is 6.35. The summed E-state index contributed by atoms with van der Waals surface area (Å²) in [6.07, 6.45) is 6.35. The number of aromatic nitrogens is 1. The van der Waals surface area contributed by atoms with Gasteiger partial charge in [-0.3, -0.25) is 0 Å². The zero-order valence-corrected chi connectivity index (χ0v) is 10.9. The third kappa shape index (κ3) is 4.96. The Hall–Kier alpha value is -0.0900. The van der Waals surface area contributed by atoms with E-state index in [1.54, 1.807) is 0 Å². The molecule has 1 heterocycles. The van der Waals surface area contributed by atoms with Gasteiger partial charge in [-0.05, 0) is 22.4 Å². The van der Waals surface area contributed by atoms with Gasteiger partial charge in [0.2, 0.25) is 0 Å². The molecule has 0 bridgehead atoms. The first kappa shape index (κ1) is 12.0. The van der Waals surface area contributed by atoms with Gasteiger partial charge in [0, 0.05) is 5.38 Å². The van der Waals surface area contributed by atoms with Crippen molar-refractivity contribution in [2.24, 2.45) is 0 Å². The van der Waals surface area contributed by atoms with Gasteiger partial charge < -0.3 is 4.74 Å². The quantitative estimate of drug-likeness (QED) is 0.695. The van der Waals surface area contributed by atoms with E-state index in [0.29, 0.717) is 0 Å². The van der Waals surface area contributed by atoms with Crippen LogP contribution in [0.15, 0.2) is 9.98 Å². The van der Waals surface area contributed by atoms with Crippen LogP contribution in [0.1, 0.15) is 39.0 Å². The summed E-state index contributed by atoms with van der Waals surface area (Å²) in [5.74, 6) is 0. The van der Waals surface area contributed by atoms with Crippen LogP contribution in [0.4, 0.5) is 0 Å². The molecule has 0 N–H and O–H groups in total. The summed E-state index contributed by atoms with van der Waals surface area (Å²) in [6, 6.07) is 0. The molecule has 0 saturated carbocycles. The monoisotopic (exact) mass is 277 g/mol.